The van der Waals surface area contributed by atoms with Gasteiger partial charge in [-0.3, -0.25) is 4.79 Å². The quantitative estimate of drug-likeness (QED) is 0.735. The molecule has 1 aromatic rings. The zero-order valence-electron chi connectivity index (χ0n) is 13.6. The molecule has 1 amide bonds. The van der Waals surface area contributed by atoms with E-state index in [9.17, 15) is 4.79 Å². The van der Waals surface area contributed by atoms with E-state index in [2.05, 4.69) is 43.5 Å². The van der Waals surface area contributed by atoms with Crippen molar-refractivity contribution in [1.82, 2.24) is 10.6 Å². The number of hydrogen-bond donors (Lipinski definition) is 2. The Labute approximate surface area is 128 Å². The molecule has 0 saturated heterocycles. The van der Waals surface area contributed by atoms with Gasteiger partial charge in [-0.05, 0) is 43.4 Å². The van der Waals surface area contributed by atoms with Crippen LogP contribution >= 0.6 is 0 Å². The number of carbonyl (C=O) groups excluding carboxylic acids is 1. The van der Waals surface area contributed by atoms with Gasteiger partial charge in [0.2, 0.25) is 5.91 Å². The van der Waals surface area contributed by atoms with Gasteiger partial charge in [-0.15, -0.1) is 0 Å². The van der Waals surface area contributed by atoms with Crippen LogP contribution in [0.25, 0.3) is 0 Å². The van der Waals surface area contributed by atoms with Crippen LogP contribution in [0, 0.1) is 5.92 Å². The van der Waals surface area contributed by atoms with Gasteiger partial charge in [-0.2, -0.15) is 0 Å². The van der Waals surface area contributed by atoms with Crippen molar-refractivity contribution in [3.05, 3.63) is 29.8 Å². The average Bonchev–Trinajstić information content (AvgIpc) is 2.49. The number of ether oxygens (including phenoxy) is 1. The number of rotatable bonds is 9. The van der Waals surface area contributed by atoms with Crippen LogP contribution in [0.5, 0.6) is 5.75 Å². The molecule has 0 aliphatic carbocycles. The van der Waals surface area contributed by atoms with E-state index in [-0.39, 0.29) is 5.91 Å². The van der Waals surface area contributed by atoms with Gasteiger partial charge in [-0.1, -0.05) is 26.0 Å². The highest BCUT2D eigenvalue weighted by Crippen LogP contribution is 2.13. The van der Waals surface area contributed by atoms with Crippen molar-refractivity contribution in [1.29, 1.82) is 0 Å². The Morgan fingerprint density at radius 1 is 1.19 bits per heavy atom. The molecule has 0 spiro atoms. The van der Waals surface area contributed by atoms with E-state index in [1.165, 1.54) is 5.56 Å². The van der Waals surface area contributed by atoms with Gasteiger partial charge in [-0.25, -0.2) is 0 Å². The Morgan fingerprint density at radius 3 is 2.43 bits per heavy atom. The van der Waals surface area contributed by atoms with E-state index < -0.39 is 0 Å². The molecule has 0 heterocycles. The molecule has 1 unspecified atom stereocenters. The summed E-state index contributed by atoms with van der Waals surface area (Å²) in [5, 5.41) is 6.17. The lowest BCUT2D eigenvalue weighted by molar-refractivity contribution is -0.120. The predicted molar refractivity (Wildman–Crippen MR) is 86.6 cm³/mol. The monoisotopic (exact) mass is 292 g/mol. The first-order chi connectivity index (χ1) is 10.0. The Morgan fingerprint density at radius 2 is 1.86 bits per heavy atom. The Kier molecular flexibility index (Phi) is 7.83. The van der Waals surface area contributed by atoms with Crippen LogP contribution in [0.1, 0.15) is 32.8 Å². The molecule has 1 atom stereocenters. The molecule has 0 bridgehead atoms. The summed E-state index contributed by atoms with van der Waals surface area (Å²) in [6.45, 7) is 7.41. The Hall–Kier alpha value is -1.55. The second-order valence-electron chi connectivity index (χ2n) is 5.87. The largest absolute Gasteiger partial charge is 0.497 e. The lowest BCUT2D eigenvalue weighted by atomic mass is 10.1. The highest BCUT2D eigenvalue weighted by Gasteiger charge is 2.06. The second kappa shape index (κ2) is 9.40. The molecule has 118 valence electrons. The zero-order chi connectivity index (χ0) is 15.7. The first-order valence-corrected chi connectivity index (χ1v) is 7.64. The van der Waals surface area contributed by atoms with Gasteiger partial charge in [0.05, 0.1) is 13.7 Å². The topological polar surface area (TPSA) is 50.4 Å². The van der Waals surface area contributed by atoms with Crippen molar-refractivity contribution in [3.8, 4) is 5.75 Å². The van der Waals surface area contributed by atoms with Gasteiger partial charge in [0.25, 0.3) is 0 Å². The lowest BCUT2D eigenvalue weighted by Crippen LogP contribution is -2.39. The van der Waals surface area contributed by atoms with E-state index in [1.807, 2.05) is 12.1 Å². The molecule has 0 fully saturated rings. The van der Waals surface area contributed by atoms with Crippen LogP contribution in [0.15, 0.2) is 24.3 Å². The Balaban J connectivity index is 2.21. The summed E-state index contributed by atoms with van der Waals surface area (Å²) in [5.41, 5.74) is 1.29. The Bertz CT molecular complexity index is 415. The minimum atomic E-state index is 0.0694. The number of aryl methyl sites for hydroxylation is 1. The fourth-order valence-corrected chi connectivity index (χ4v) is 1.92. The summed E-state index contributed by atoms with van der Waals surface area (Å²) < 4.78 is 5.14. The third-order valence-corrected chi connectivity index (χ3v) is 3.34. The number of carbonyl (C=O) groups is 1. The van der Waals surface area contributed by atoms with Crippen molar-refractivity contribution >= 4 is 5.91 Å². The van der Waals surface area contributed by atoms with Crippen molar-refractivity contribution < 1.29 is 9.53 Å². The maximum Gasteiger partial charge on any atom is 0.233 e. The van der Waals surface area contributed by atoms with Crippen LogP contribution in [0.4, 0.5) is 0 Å². The highest BCUT2D eigenvalue weighted by molar-refractivity contribution is 5.77. The van der Waals surface area contributed by atoms with Crippen LogP contribution in [0.3, 0.4) is 0 Å². The van der Waals surface area contributed by atoms with E-state index in [0.29, 0.717) is 18.5 Å². The molecule has 2 N–H and O–H groups in total. The van der Waals surface area contributed by atoms with Gasteiger partial charge in [0, 0.05) is 12.6 Å². The molecule has 21 heavy (non-hydrogen) atoms. The van der Waals surface area contributed by atoms with Crippen molar-refractivity contribution in [2.75, 3.05) is 20.2 Å². The van der Waals surface area contributed by atoms with E-state index in [1.54, 1.807) is 7.11 Å². The number of nitrogens with one attached hydrogen (secondary N) is 2. The average molecular weight is 292 g/mol. The van der Waals surface area contributed by atoms with Crippen molar-refractivity contribution in [2.24, 2.45) is 5.92 Å². The van der Waals surface area contributed by atoms with Crippen LogP contribution in [-0.2, 0) is 11.2 Å². The fraction of sp³-hybridized carbons (Fsp3) is 0.588. The predicted octanol–water partition coefficient (Wildman–Crippen LogP) is 2.38. The molecule has 4 heteroatoms. The summed E-state index contributed by atoms with van der Waals surface area (Å²) in [7, 11) is 1.67. The SMILES string of the molecule is COc1ccc(CCC(C)NCC(=O)NCC(C)C)cc1. The minimum Gasteiger partial charge on any atom is -0.497 e. The van der Waals surface area contributed by atoms with Gasteiger partial charge < -0.3 is 15.4 Å². The van der Waals surface area contributed by atoms with E-state index >= 15 is 0 Å². The van der Waals surface area contributed by atoms with Crippen LogP contribution in [0.2, 0.25) is 0 Å². The summed E-state index contributed by atoms with van der Waals surface area (Å²) in [5.74, 6) is 1.44. The second-order valence-corrected chi connectivity index (χ2v) is 5.87. The third-order valence-electron chi connectivity index (χ3n) is 3.34. The summed E-state index contributed by atoms with van der Waals surface area (Å²) in [6.07, 6.45) is 2.00. The molecule has 0 aromatic heterocycles. The van der Waals surface area contributed by atoms with Crippen LogP contribution < -0.4 is 15.4 Å². The van der Waals surface area contributed by atoms with E-state index in [0.717, 1.165) is 25.1 Å². The molecule has 1 rings (SSSR count). The number of methoxy groups -OCH3 is 1. The standard InChI is InChI=1S/C17H28N2O2/c1-13(2)11-19-17(20)12-18-14(3)5-6-15-7-9-16(21-4)10-8-15/h7-10,13-14,18H,5-6,11-12H2,1-4H3,(H,19,20). The molecule has 1 aromatic carbocycles. The smallest absolute Gasteiger partial charge is 0.233 e. The van der Waals surface area contributed by atoms with E-state index in [4.69, 9.17) is 4.74 Å². The normalized spacial score (nSPS) is 12.2. The fourth-order valence-electron chi connectivity index (χ4n) is 1.92. The van der Waals surface area contributed by atoms with Gasteiger partial charge in [0.1, 0.15) is 5.75 Å². The molecular weight excluding hydrogens is 264 g/mol. The van der Waals surface area contributed by atoms with Crippen LogP contribution in [-0.4, -0.2) is 32.1 Å². The molecule has 0 aliphatic heterocycles. The molecule has 0 aliphatic rings. The highest BCUT2D eigenvalue weighted by atomic mass is 16.5. The van der Waals surface area contributed by atoms with Crippen molar-refractivity contribution in [3.63, 3.8) is 0 Å². The van der Waals surface area contributed by atoms with Gasteiger partial charge in [0.15, 0.2) is 0 Å². The number of hydrogen-bond acceptors (Lipinski definition) is 3. The number of benzene rings is 1. The first-order valence-electron chi connectivity index (χ1n) is 7.64. The van der Waals surface area contributed by atoms with Crippen molar-refractivity contribution in [2.45, 2.75) is 39.7 Å². The third kappa shape index (κ3) is 7.71. The maximum absolute atomic E-state index is 11.6. The number of amides is 1. The van der Waals surface area contributed by atoms with Gasteiger partial charge >= 0.3 is 0 Å². The first kappa shape index (κ1) is 17.5. The molecule has 0 radical (unpaired) electrons. The molecule has 0 saturated carbocycles. The summed E-state index contributed by atoms with van der Waals surface area (Å²) in [6, 6.07) is 8.44. The lowest BCUT2D eigenvalue weighted by Gasteiger charge is -2.14. The molecule has 4 nitrogen and oxygen atoms in total. The molecular formula is C17H28N2O2. The zero-order valence-corrected chi connectivity index (χ0v) is 13.6. The summed E-state index contributed by atoms with van der Waals surface area (Å²) >= 11 is 0. The maximum atomic E-state index is 11.6. The minimum absolute atomic E-state index is 0.0694. The summed E-state index contributed by atoms with van der Waals surface area (Å²) in [4.78, 5) is 11.6.